The van der Waals surface area contributed by atoms with E-state index < -0.39 is 0 Å². The molecule has 3 heteroatoms. The predicted octanol–water partition coefficient (Wildman–Crippen LogP) is 9.56. The van der Waals surface area contributed by atoms with Crippen molar-refractivity contribution in [1.29, 1.82) is 0 Å². The van der Waals surface area contributed by atoms with E-state index in [1.165, 1.54) is 31.3 Å². The van der Waals surface area contributed by atoms with Crippen molar-refractivity contribution in [3.8, 4) is 16.8 Å². The van der Waals surface area contributed by atoms with Crippen LogP contribution in [0.5, 0.6) is 0 Å². The number of thiophene rings is 1. The summed E-state index contributed by atoms with van der Waals surface area (Å²) in [4.78, 5) is 0. The van der Waals surface area contributed by atoms with Crippen LogP contribution in [-0.4, -0.2) is 4.57 Å². The minimum atomic E-state index is 0.915. The first-order valence-electron chi connectivity index (χ1n) is 11.8. The fourth-order valence-corrected chi connectivity index (χ4v) is 6.70. The number of fused-ring (bicyclic) bond motifs is 8. The minimum Gasteiger partial charge on any atom is -0.454 e. The number of rotatable bonds is 2. The number of furan rings is 1. The Morgan fingerprint density at radius 1 is 0.600 bits per heavy atom. The standard InChI is InChI=1S/C32H19NOS/c1-2-9-21(10-3-1)33-27-15-6-4-12-25(27)31-30(33)26-19-20(17-18-28(26)34-31)22-13-8-14-24-23-11-5-7-16-29(23)35-32(22)24/h1-19H. The molecule has 0 aliphatic heterocycles. The Balaban J connectivity index is 1.47. The van der Waals surface area contributed by atoms with Gasteiger partial charge in [0.1, 0.15) is 11.1 Å². The highest BCUT2D eigenvalue weighted by molar-refractivity contribution is 7.26. The SMILES string of the molecule is c1ccc(-n2c3ccccc3c3oc4ccc(-c5cccc6c5sc5ccccc56)cc4c32)cc1. The maximum absolute atomic E-state index is 6.48. The van der Waals surface area contributed by atoms with Crippen molar-refractivity contribution in [3.63, 3.8) is 0 Å². The molecular weight excluding hydrogens is 446 g/mol. The summed E-state index contributed by atoms with van der Waals surface area (Å²) in [7, 11) is 0. The van der Waals surface area contributed by atoms with Crippen LogP contribution in [0.15, 0.2) is 120 Å². The maximum atomic E-state index is 6.48. The number of aromatic nitrogens is 1. The normalized spacial score (nSPS) is 12.0. The lowest BCUT2D eigenvalue weighted by Gasteiger charge is -2.08. The highest BCUT2D eigenvalue weighted by Gasteiger charge is 2.20. The van der Waals surface area contributed by atoms with Crippen molar-refractivity contribution in [2.45, 2.75) is 0 Å². The van der Waals surface area contributed by atoms with Gasteiger partial charge in [-0.15, -0.1) is 11.3 Å². The lowest BCUT2D eigenvalue weighted by atomic mass is 10.0. The van der Waals surface area contributed by atoms with Crippen LogP contribution in [0.2, 0.25) is 0 Å². The van der Waals surface area contributed by atoms with Gasteiger partial charge in [-0.05, 0) is 53.6 Å². The zero-order valence-corrected chi connectivity index (χ0v) is 19.5. The van der Waals surface area contributed by atoms with Gasteiger partial charge in [0.15, 0.2) is 5.58 Å². The second-order valence-electron chi connectivity index (χ2n) is 8.96. The zero-order chi connectivity index (χ0) is 22.9. The van der Waals surface area contributed by atoms with Crippen molar-refractivity contribution in [2.75, 3.05) is 0 Å². The number of benzene rings is 5. The molecule has 2 nitrogen and oxygen atoms in total. The molecule has 0 N–H and O–H groups in total. The third-order valence-corrected chi connectivity index (χ3v) is 8.22. The monoisotopic (exact) mass is 465 g/mol. The summed E-state index contributed by atoms with van der Waals surface area (Å²) >= 11 is 1.87. The summed E-state index contributed by atoms with van der Waals surface area (Å²) in [6.07, 6.45) is 0. The quantitative estimate of drug-likeness (QED) is 0.248. The van der Waals surface area contributed by atoms with Crippen molar-refractivity contribution in [3.05, 3.63) is 115 Å². The molecule has 3 heterocycles. The van der Waals surface area contributed by atoms with Gasteiger partial charge in [-0.3, -0.25) is 0 Å². The van der Waals surface area contributed by atoms with Crippen molar-refractivity contribution in [1.82, 2.24) is 4.57 Å². The zero-order valence-electron chi connectivity index (χ0n) is 18.7. The Kier molecular flexibility index (Phi) is 3.85. The van der Waals surface area contributed by atoms with E-state index in [1.807, 2.05) is 11.3 Å². The summed E-state index contributed by atoms with van der Waals surface area (Å²) in [5.74, 6) is 0. The van der Waals surface area contributed by atoms with E-state index in [-0.39, 0.29) is 0 Å². The molecule has 0 radical (unpaired) electrons. The van der Waals surface area contributed by atoms with Crippen LogP contribution < -0.4 is 0 Å². The lowest BCUT2D eigenvalue weighted by molar-refractivity contribution is 0.673. The fraction of sp³-hybridized carbons (Fsp3) is 0. The van der Waals surface area contributed by atoms with Crippen LogP contribution in [0.3, 0.4) is 0 Å². The van der Waals surface area contributed by atoms with Crippen molar-refractivity contribution in [2.24, 2.45) is 0 Å². The lowest BCUT2D eigenvalue weighted by Crippen LogP contribution is -1.92. The smallest absolute Gasteiger partial charge is 0.161 e. The van der Waals surface area contributed by atoms with Gasteiger partial charge in [-0.25, -0.2) is 0 Å². The molecule has 8 rings (SSSR count). The first-order chi connectivity index (χ1) is 17.4. The molecule has 5 aromatic carbocycles. The maximum Gasteiger partial charge on any atom is 0.161 e. The van der Waals surface area contributed by atoms with Gasteiger partial charge in [0, 0.05) is 36.6 Å². The molecule has 164 valence electrons. The average Bonchev–Trinajstić information content (AvgIpc) is 3.57. The van der Waals surface area contributed by atoms with E-state index in [0.29, 0.717) is 0 Å². The minimum absolute atomic E-state index is 0.915. The molecule has 0 bridgehead atoms. The number of hydrogen-bond donors (Lipinski definition) is 0. The summed E-state index contributed by atoms with van der Waals surface area (Å²) in [6, 6.07) is 41.0. The van der Waals surface area contributed by atoms with Crippen LogP contribution in [0.1, 0.15) is 0 Å². The van der Waals surface area contributed by atoms with Crippen LogP contribution in [0, 0.1) is 0 Å². The van der Waals surface area contributed by atoms with Gasteiger partial charge in [-0.1, -0.05) is 72.8 Å². The molecule has 0 saturated heterocycles. The third-order valence-electron chi connectivity index (χ3n) is 7.00. The van der Waals surface area contributed by atoms with Crippen LogP contribution in [0.25, 0.3) is 70.0 Å². The Morgan fingerprint density at radius 3 is 2.29 bits per heavy atom. The molecule has 3 aromatic heterocycles. The van der Waals surface area contributed by atoms with Gasteiger partial charge in [0.25, 0.3) is 0 Å². The molecule has 0 aliphatic carbocycles. The second kappa shape index (κ2) is 7.08. The molecule has 35 heavy (non-hydrogen) atoms. The van der Waals surface area contributed by atoms with E-state index in [9.17, 15) is 0 Å². The predicted molar refractivity (Wildman–Crippen MR) is 149 cm³/mol. The highest BCUT2D eigenvalue weighted by Crippen LogP contribution is 2.43. The number of nitrogens with zero attached hydrogens (tertiary/aromatic N) is 1. The Labute approximate surface area is 205 Å². The first-order valence-corrected chi connectivity index (χ1v) is 12.6. The molecular formula is C32H19NOS. The molecule has 0 atom stereocenters. The molecule has 0 amide bonds. The summed E-state index contributed by atoms with van der Waals surface area (Å²) < 4.78 is 11.5. The van der Waals surface area contributed by atoms with Crippen molar-refractivity contribution < 1.29 is 4.42 Å². The molecule has 8 aromatic rings. The molecule has 0 fully saturated rings. The summed E-state index contributed by atoms with van der Waals surface area (Å²) in [5, 5.41) is 4.91. The molecule has 0 aliphatic rings. The summed E-state index contributed by atoms with van der Waals surface area (Å²) in [5.41, 5.74) is 7.75. The van der Waals surface area contributed by atoms with E-state index >= 15 is 0 Å². The van der Waals surface area contributed by atoms with Crippen molar-refractivity contribution >= 4 is 64.5 Å². The Hall–Kier alpha value is -4.34. The Morgan fingerprint density at radius 2 is 1.37 bits per heavy atom. The highest BCUT2D eigenvalue weighted by atomic mass is 32.1. The second-order valence-corrected chi connectivity index (χ2v) is 10.0. The first kappa shape index (κ1) is 19.0. The van der Waals surface area contributed by atoms with Gasteiger partial charge in [0.2, 0.25) is 0 Å². The fourth-order valence-electron chi connectivity index (χ4n) is 5.46. The van der Waals surface area contributed by atoms with Crippen LogP contribution in [0.4, 0.5) is 0 Å². The molecule has 0 spiro atoms. The average molecular weight is 466 g/mol. The van der Waals surface area contributed by atoms with E-state index in [0.717, 1.165) is 38.7 Å². The third kappa shape index (κ3) is 2.64. The molecule has 0 saturated carbocycles. The van der Waals surface area contributed by atoms with Gasteiger partial charge < -0.3 is 8.98 Å². The van der Waals surface area contributed by atoms with E-state index in [4.69, 9.17) is 4.42 Å². The largest absolute Gasteiger partial charge is 0.454 e. The van der Waals surface area contributed by atoms with E-state index in [2.05, 4.69) is 120 Å². The molecule has 0 unspecified atom stereocenters. The van der Waals surface area contributed by atoms with E-state index in [1.54, 1.807) is 0 Å². The van der Waals surface area contributed by atoms with Gasteiger partial charge in [-0.2, -0.15) is 0 Å². The van der Waals surface area contributed by atoms with Crippen LogP contribution in [-0.2, 0) is 0 Å². The van der Waals surface area contributed by atoms with Gasteiger partial charge in [0.05, 0.1) is 5.52 Å². The topological polar surface area (TPSA) is 18.1 Å². The number of hydrogen-bond acceptors (Lipinski definition) is 2. The number of para-hydroxylation sites is 2. The Bertz CT molecular complexity index is 2060. The van der Waals surface area contributed by atoms with Gasteiger partial charge >= 0.3 is 0 Å². The summed E-state index contributed by atoms with van der Waals surface area (Å²) in [6.45, 7) is 0. The van der Waals surface area contributed by atoms with Crippen LogP contribution >= 0.6 is 11.3 Å².